The van der Waals surface area contributed by atoms with Crippen LogP contribution < -0.4 is 10.6 Å². The molecule has 0 heterocycles. The molecule has 2 aliphatic rings. The molecule has 0 bridgehead atoms. The van der Waals surface area contributed by atoms with Crippen molar-refractivity contribution in [2.75, 3.05) is 0 Å². The largest absolute Gasteiger partial charge is 0.465 e. The molecule has 2 saturated carbocycles. The second kappa shape index (κ2) is 7.84. The lowest BCUT2D eigenvalue weighted by molar-refractivity contribution is 0.183. The Bertz CT molecular complexity index is 577. The van der Waals surface area contributed by atoms with Crippen LogP contribution in [0.3, 0.4) is 0 Å². The first-order chi connectivity index (χ1) is 11.7. The Balaban J connectivity index is 1.47. The van der Waals surface area contributed by atoms with Gasteiger partial charge < -0.3 is 15.7 Å². The number of hydrogen-bond donors (Lipinski definition) is 3. The molecule has 3 N–H and O–H groups in total. The number of benzene rings is 1. The van der Waals surface area contributed by atoms with Gasteiger partial charge in [0, 0.05) is 18.1 Å². The summed E-state index contributed by atoms with van der Waals surface area (Å²) in [5, 5.41) is 15.2. The SMILES string of the molecule is CC/C(=C\c1ccccc1)[C@@H]1C[C@H]1NC1CCC(NC(=O)O)CC1. The molecule has 2 fully saturated rings. The summed E-state index contributed by atoms with van der Waals surface area (Å²) < 4.78 is 0. The van der Waals surface area contributed by atoms with E-state index in [1.165, 1.54) is 12.0 Å². The molecule has 0 radical (unpaired) electrons. The molecule has 130 valence electrons. The average Bonchev–Trinajstić information content (AvgIpc) is 3.34. The Morgan fingerprint density at radius 2 is 1.83 bits per heavy atom. The van der Waals surface area contributed by atoms with Crippen LogP contribution >= 0.6 is 0 Å². The van der Waals surface area contributed by atoms with Crippen molar-refractivity contribution in [2.45, 2.75) is 63.6 Å². The van der Waals surface area contributed by atoms with Crippen molar-refractivity contribution < 1.29 is 9.90 Å². The van der Waals surface area contributed by atoms with Crippen molar-refractivity contribution in [3.8, 4) is 0 Å². The highest BCUT2D eigenvalue weighted by atomic mass is 16.4. The van der Waals surface area contributed by atoms with Gasteiger partial charge in [-0.05, 0) is 50.0 Å². The van der Waals surface area contributed by atoms with Gasteiger partial charge in [0.25, 0.3) is 0 Å². The molecule has 0 saturated heterocycles. The zero-order valence-corrected chi connectivity index (χ0v) is 14.4. The third kappa shape index (κ3) is 4.60. The van der Waals surface area contributed by atoms with E-state index in [4.69, 9.17) is 5.11 Å². The van der Waals surface area contributed by atoms with Crippen LogP contribution in [0.25, 0.3) is 6.08 Å². The Kier molecular flexibility index (Phi) is 5.56. The fourth-order valence-corrected chi connectivity index (χ4v) is 3.91. The van der Waals surface area contributed by atoms with E-state index in [0.29, 0.717) is 18.0 Å². The van der Waals surface area contributed by atoms with Gasteiger partial charge in [0.1, 0.15) is 0 Å². The minimum Gasteiger partial charge on any atom is -0.465 e. The highest BCUT2D eigenvalue weighted by Crippen LogP contribution is 2.40. The van der Waals surface area contributed by atoms with E-state index >= 15 is 0 Å². The summed E-state index contributed by atoms with van der Waals surface area (Å²) in [6, 6.07) is 11.8. The lowest BCUT2D eigenvalue weighted by Crippen LogP contribution is -2.42. The normalized spacial score (nSPS) is 30.0. The quantitative estimate of drug-likeness (QED) is 0.738. The van der Waals surface area contributed by atoms with Gasteiger partial charge in [-0.15, -0.1) is 0 Å². The maximum atomic E-state index is 10.7. The first kappa shape index (κ1) is 17.0. The average molecular weight is 328 g/mol. The zero-order valence-electron chi connectivity index (χ0n) is 14.4. The van der Waals surface area contributed by atoms with Crippen LogP contribution in [0.1, 0.15) is 51.0 Å². The summed E-state index contributed by atoms with van der Waals surface area (Å²) in [4.78, 5) is 10.7. The highest BCUT2D eigenvalue weighted by Gasteiger charge is 2.40. The second-order valence-corrected chi connectivity index (χ2v) is 7.10. The summed E-state index contributed by atoms with van der Waals surface area (Å²) in [5.74, 6) is 0.671. The molecule has 0 aliphatic heterocycles. The van der Waals surface area contributed by atoms with Crippen molar-refractivity contribution >= 4 is 12.2 Å². The van der Waals surface area contributed by atoms with Crippen molar-refractivity contribution in [1.29, 1.82) is 0 Å². The molecular weight excluding hydrogens is 300 g/mol. The first-order valence-electron chi connectivity index (χ1n) is 9.16. The molecule has 0 unspecified atom stereocenters. The predicted molar refractivity (Wildman–Crippen MR) is 96.9 cm³/mol. The molecule has 0 aromatic heterocycles. The fourth-order valence-electron chi connectivity index (χ4n) is 3.91. The number of amides is 1. The number of hydrogen-bond acceptors (Lipinski definition) is 2. The van der Waals surface area contributed by atoms with Crippen LogP contribution in [0.5, 0.6) is 0 Å². The summed E-state index contributed by atoms with van der Waals surface area (Å²) in [6.45, 7) is 2.24. The predicted octanol–water partition coefficient (Wildman–Crippen LogP) is 4.04. The first-order valence-corrected chi connectivity index (χ1v) is 9.16. The fraction of sp³-hybridized carbons (Fsp3) is 0.550. The lowest BCUT2D eigenvalue weighted by atomic mass is 9.91. The van der Waals surface area contributed by atoms with E-state index in [1.807, 2.05) is 0 Å². The van der Waals surface area contributed by atoms with E-state index in [1.54, 1.807) is 5.57 Å². The minimum absolute atomic E-state index is 0.139. The summed E-state index contributed by atoms with van der Waals surface area (Å²) in [6.07, 6.45) is 7.82. The van der Waals surface area contributed by atoms with Crippen molar-refractivity contribution in [2.24, 2.45) is 5.92 Å². The monoisotopic (exact) mass is 328 g/mol. The van der Waals surface area contributed by atoms with E-state index in [-0.39, 0.29) is 6.04 Å². The van der Waals surface area contributed by atoms with Gasteiger partial charge in [-0.1, -0.05) is 48.9 Å². The molecule has 2 atom stereocenters. The van der Waals surface area contributed by atoms with E-state index < -0.39 is 6.09 Å². The van der Waals surface area contributed by atoms with Gasteiger partial charge in [0.05, 0.1) is 0 Å². The molecule has 4 heteroatoms. The maximum absolute atomic E-state index is 10.7. The van der Waals surface area contributed by atoms with Crippen molar-refractivity contribution in [1.82, 2.24) is 10.6 Å². The molecule has 1 aromatic rings. The van der Waals surface area contributed by atoms with E-state index in [9.17, 15) is 4.79 Å². The number of carbonyl (C=O) groups is 1. The molecule has 1 amide bonds. The van der Waals surface area contributed by atoms with Crippen molar-refractivity contribution in [3.63, 3.8) is 0 Å². The van der Waals surface area contributed by atoms with Crippen LogP contribution in [0.15, 0.2) is 35.9 Å². The molecule has 3 rings (SSSR count). The van der Waals surface area contributed by atoms with Crippen LogP contribution in [0.2, 0.25) is 0 Å². The summed E-state index contributed by atoms with van der Waals surface area (Å²) >= 11 is 0. The van der Waals surface area contributed by atoms with Gasteiger partial charge in [-0.2, -0.15) is 0 Å². The van der Waals surface area contributed by atoms with Gasteiger partial charge >= 0.3 is 6.09 Å². The third-order valence-electron chi connectivity index (χ3n) is 5.33. The molecule has 1 aromatic carbocycles. The molecule has 0 spiro atoms. The lowest BCUT2D eigenvalue weighted by Gasteiger charge is -2.29. The number of nitrogens with one attached hydrogen (secondary N) is 2. The highest BCUT2D eigenvalue weighted by molar-refractivity contribution is 5.64. The van der Waals surface area contributed by atoms with E-state index in [0.717, 1.165) is 32.1 Å². The Hall–Kier alpha value is -1.81. The van der Waals surface area contributed by atoms with Crippen LogP contribution in [0.4, 0.5) is 4.79 Å². The Morgan fingerprint density at radius 3 is 2.46 bits per heavy atom. The topological polar surface area (TPSA) is 61.4 Å². The standard InChI is InChI=1S/C20H28N2O2/c1-2-15(12-14-6-4-3-5-7-14)18-13-19(18)21-16-8-10-17(11-9-16)22-20(23)24/h3-7,12,16-19,21-22H,2,8-11,13H2,1H3,(H,23,24)/b15-12+/t16?,17?,18-,19+/m0/s1. The third-order valence-corrected chi connectivity index (χ3v) is 5.33. The zero-order chi connectivity index (χ0) is 16.9. The Labute approximate surface area is 144 Å². The van der Waals surface area contributed by atoms with Crippen molar-refractivity contribution in [3.05, 3.63) is 41.5 Å². The molecule has 4 nitrogen and oxygen atoms in total. The number of rotatable bonds is 6. The van der Waals surface area contributed by atoms with Crippen LogP contribution in [-0.4, -0.2) is 29.3 Å². The maximum Gasteiger partial charge on any atom is 0.404 e. The molecule has 24 heavy (non-hydrogen) atoms. The van der Waals surface area contributed by atoms with Gasteiger partial charge in [-0.25, -0.2) is 4.79 Å². The van der Waals surface area contributed by atoms with Gasteiger partial charge in [-0.3, -0.25) is 0 Å². The second-order valence-electron chi connectivity index (χ2n) is 7.10. The Morgan fingerprint density at radius 1 is 1.17 bits per heavy atom. The minimum atomic E-state index is -0.896. The van der Waals surface area contributed by atoms with E-state index in [2.05, 4.69) is 54.0 Å². The number of carboxylic acid groups (broad SMARTS) is 1. The molecular formula is C20H28N2O2. The van der Waals surface area contributed by atoms with Crippen LogP contribution in [-0.2, 0) is 0 Å². The summed E-state index contributed by atoms with van der Waals surface area (Å²) in [5.41, 5.74) is 2.83. The van der Waals surface area contributed by atoms with Gasteiger partial charge in [0.15, 0.2) is 0 Å². The molecule has 2 aliphatic carbocycles. The smallest absolute Gasteiger partial charge is 0.404 e. The van der Waals surface area contributed by atoms with Gasteiger partial charge in [0.2, 0.25) is 0 Å². The summed E-state index contributed by atoms with van der Waals surface area (Å²) in [7, 11) is 0. The van der Waals surface area contributed by atoms with Crippen LogP contribution in [0, 0.1) is 5.92 Å².